The lowest BCUT2D eigenvalue weighted by atomic mass is 9.87. The van der Waals surface area contributed by atoms with Crippen LogP contribution in [0.2, 0.25) is 0 Å². The Labute approximate surface area is 178 Å². The zero-order valence-electron chi connectivity index (χ0n) is 17.7. The van der Waals surface area contributed by atoms with Gasteiger partial charge in [-0.3, -0.25) is 9.59 Å². The van der Waals surface area contributed by atoms with Crippen molar-refractivity contribution in [2.24, 2.45) is 5.92 Å². The number of nitrogens with one attached hydrogen (secondary N) is 1. The first kappa shape index (κ1) is 21.5. The number of carbonyl (C=O) groups excluding carboxylic acids is 1. The summed E-state index contributed by atoms with van der Waals surface area (Å²) in [5.41, 5.74) is 0.830. The third-order valence-electron chi connectivity index (χ3n) is 6.87. The number of amides is 1. The minimum absolute atomic E-state index is 0.0199. The number of carbonyl (C=O) groups is 1. The second-order valence-corrected chi connectivity index (χ2v) is 11.0. The van der Waals surface area contributed by atoms with Gasteiger partial charge in [0.1, 0.15) is 5.82 Å². The average molecular weight is 437 g/mol. The molecule has 0 spiro atoms. The van der Waals surface area contributed by atoms with Gasteiger partial charge in [0.05, 0.1) is 23.1 Å². The molecule has 1 saturated heterocycles. The Morgan fingerprint density at radius 2 is 1.83 bits per heavy atom. The molecule has 1 aromatic rings. The van der Waals surface area contributed by atoms with Crippen LogP contribution >= 0.6 is 0 Å². The quantitative estimate of drug-likeness (QED) is 0.779. The van der Waals surface area contributed by atoms with Gasteiger partial charge in [-0.2, -0.15) is 4.31 Å². The van der Waals surface area contributed by atoms with Gasteiger partial charge >= 0.3 is 0 Å². The maximum absolute atomic E-state index is 13.2. The fourth-order valence-electron chi connectivity index (χ4n) is 5.06. The van der Waals surface area contributed by atoms with Crippen molar-refractivity contribution in [2.45, 2.75) is 77.3 Å². The van der Waals surface area contributed by atoms with Crippen LogP contribution in [-0.2, 0) is 27.8 Å². The minimum atomic E-state index is -3.34. The fraction of sp³-hybridized carbons (Fsp3) is 0.762. The Kier molecular flexibility index (Phi) is 6.29. The van der Waals surface area contributed by atoms with Crippen LogP contribution in [0.25, 0.3) is 0 Å². The van der Waals surface area contributed by atoms with E-state index in [9.17, 15) is 18.0 Å². The van der Waals surface area contributed by atoms with Crippen molar-refractivity contribution in [3.8, 4) is 0 Å². The third-order valence-corrected chi connectivity index (χ3v) is 8.69. The van der Waals surface area contributed by atoms with Crippen LogP contribution in [0.4, 0.5) is 0 Å². The molecule has 2 fully saturated rings. The Morgan fingerprint density at radius 3 is 2.57 bits per heavy atom. The number of H-pyrrole nitrogens is 1. The molecular formula is C21H32N4O4S. The monoisotopic (exact) mass is 436 g/mol. The first-order chi connectivity index (χ1) is 14.4. The number of sulfonamides is 1. The van der Waals surface area contributed by atoms with E-state index in [0.717, 1.165) is 44.9 Å². The van der Waals surface area contributed by atoms with Crippen molar-refractivity contribution < 1.29 is 13.2 Å². The number of hydrogen-bond donors (Lipinski definition) is 1. The number of aromatic nitrogens is 2. The molecule has 4 rings (SSSR count). The van der Waals surface area contributed by atoms with E-state index in [1.54, 1.807) is 6.92 Å². The number of nitrogens with zero attached hydrogens (tertiary/aromatic N) is 3. The van der Waals surface area contributed by atoms with Gasteiger partial charge in [-0.15, -0.1) is 0 Å². The van der Waals surface area contributed by atoms with E-state index in [1.807, 2.05) is 4.90 Å². The highest BCUT2D eigenvalue weighted by molar-refractivity contribution is 7.89. The van der Waals surface area contributed by atoms with Crippen molar-refractivity contribution in [3.63, 3.8) is 0 Å². The fourth-order valence-corrected chi connectivity index (χ4v) is 6.12. The first-order valence-corrected chi connectivity index (χ1v) is 12.9. The molecule has 3 heterocycles. The van der Waals surface area contributed by atoms with E-state index >= 15 is 0 Å². The lowest BCUT2D eigenvalue weighted by molar-refractivity contribution is -0.140. The molecule has 1 amide bonds. The van der Waals surface area contributed by atoms with Crippen molar-refractivity contribution in [2.75, 3.05) is 18.8 Å². The van der Waals surface area contributed by atoms with Crippen molar-refractivity contribution >= 4 is 15.9 Å². The van der Waals surface area contributed by atoms with Crippen molar-refractivity contribution in [3.05, 3.63) is 27.4 Å². The summed E-state index contributed by atoms with van der Waals surface area (Å²) in [5, 5.41) is 0. The number of likely N-dealkylation sites (tertiary alicyclic amines) is 1. The molecule has 1 unspecified atom stereocenters. The molecule has 9 heteroatoms. The lowest BCUT2D eigenvalue weighted by Crippen LogP contribution is -2.44. The van der Waals surface area contributed by atoms with Gasteiger partial charge in [-0.05, 0) is 39.0 Å². The molecular weight excluding hydrogens is 404 g/mol. The van der Waals surface area contributed by atoms with E-state index < -0.39 is 10.0 Å². The number of hydrogen-bond acceptors (Lipinski definition) is 5. The Morgan fingerprint density at radius 1 is 1.10 bits per heavy atom. The number of piperidine rings is 1. The highest BCUT2D eigenvalue weighted by atomic mass is 32.2. The van der Waals surface area contributed by atoms with Crippen LogP contribution in [0.5, 0.6) is 0 Å². The molecule has 0 aromatic carbocycles. The van der Waals surface area contributed by atoms with E-state index in [4.69, 9.17) is 4.98 Å². The van der Waals surface area contributed by atoms with Gasteiger partial charge in [0.15, 0.2) is 0 Å². The molecule has 1 aliphatic carbocycles. The Balaban J connectivity index is 1.60. The summed E-state index contributed by atoms with van der Waals surface area (Å²) in [6, 6.07) is -0.191. The number of aromatic amines is 1. The molecule has 2 aliphatic heterocycles. The van der Waals surface area contributed by atoms with Gasteiger partial charge in [0.2, 0.25) is 15.9 Å². The molecule has 30 heavy (non-hydrogen) atoms. The van der Waals surface area contributed by atoms with Crippen LogP contribution in [-0.4, -0.2) is 52.3 Å². The van der Waals surface area contributed by atoms with Crippen molar-refractivity contribution in [1.29, 1.82) is 0 Å². The van der Waals surface area contributed by atoms with Gasteiger partial charge in [-0.25, -0.2) is 13.4 Å². The summed E-state index contributed by atoms with van der Waals surface area (Å²) in [6.07, 6.45) is 8.55. The standard InChI is InChI=1S/C21H32N4O4S/c1-2-30(28,29)24-13-11-17-16(14-24)20(26)23-19(22-17)18-10-6-7-12-25(18)21(27)15-8-4-3-5-9-15/h15,18H,2-14H2,1H3,(H,22,23,26). The van der Waals surface area contributed by atoms with Gasteiger partial charge in [0, 0.05) is 32.0 Å². The Bertz CT molecular complexity index is 952. The van der Waals surface area contributed by atoms with Crippen molar-refractivity contribution in [1.82, 2.24) is 19.2 Å². The molecule has 3 aliphatic rings. The van der Waals surface area contributed by atoms with Crippen LogP contribution in [0, 0.1) is 5.92 Å². The summed E-state index contributed by atoms with van der Waals surface area (Å²) >= 11 is 0. The lowest BCUT2D eigenvalue weighted by Gasteiger charge is -2.38. The van der Waals surface area contributed by atoms with Crippen LogP contribution in [0.3, 0.4) is 0 Å². The SMILES string of the molecule is CCS(=O)(=O)N1CCc2nc(C3CCCCN3C(=O)C3CCCCC3)[nH]c(=O)c2C1. The van der Waals surface area contributed by atoms with Crippen LogP contribution in [0.1, 0.15) is 81.4 Å². The van der Waals surface area contributed by atoms with Gasteiger partial charge in [0.25, 0.3) is 5.56 Å². The topological polar surface area (TPSA) is 103 Å². The van der Waals surface area contributed by atoms with E-state index in [-0.39, 0.29) is 35.7 Å². The van der Waals surface area contributed by atoms with E-state index in [2.05, 4.69) is 4.98 Å². The van der Waals surface area contributed by atoms with Gasteiger partial charge < -0.3 is 9.88 Å². The summed E-state index contributed by atoms with van der Waals surface area (Å²) in [4.78, 5) is 35.7. The maximum atomic E-state index is 13.2. The van der Waals surface area contributed by atoms with Crippen LogP contribution in [0.15, 0.2) is 4.79 Å². The highest BCUT2D eigenvalue weighted by Crippen LogP contribution is 2.34. The maximum Gasteiger partial charge on any atom is 0.255 e. The summed E-state index contributed by atoms with van der Waals surface area (Å²) < 4.78 is 25.8. The summed E-state index contributed by atoms with van der Waals surface area (Å²) in [6.45, 7) is 2.73. The smallest absolute Gasteiger partial charge is 0.255 e. The highest BCUT2D eigenvalue weighted by Gasteiger charge is 2.35. The molecule has 1 saturated carbocycles. The van der Waals surface area contributed by atoms with Gasteiger partial charge in [-0.1, -0.05) is 19.3 Å². The Hall–Kier alpha value is -1.74. The molecule has 1 N–H and O–H groups in total. The van der Waals surface area contributed by atoms with Crippen LogP contribution < -0.4 is 5.56 Å². The predicted octanol–water partition coefficient (Wildman–Crippen LogP) is 2.11. The van der Waals surface area contributed by atoms with E-state index in [1.165, 1.54) is 10.7 Å². The largest absolute Gasteiger partial charge is 0.332 e. The summed E-state index contributed by atoms with van der Waals surface area (Å²) in [5.74, 6) is 0.886. The predicted molar refractivity (Wildman–Crippen MR) is 113 cm³/mol. The number of rotatable bonds is 4. The van der Waals surface area contributed by atoms with E-state index in [0.29, 0.717) is 36.6 Å². The molecule has 0 bridgehead atoms. The molecule has 8 nitrogen and oxygen atoms in total. The average Bonchev–Trinajstić information content (AvgIpc) is 2.79. The zero-order valence-corrected chi connectivity index (χ0v) is 18.5. The zero-order chi connectivity index (χ0) is 21.3. The molecule has 166 valence electrons. The summed E-state index contributed by atoms with van der Waals surface area (Å²) in [7, 11) is -3.34. The second kappa shape index (κ2) is 8.78. The first-order valence-electron chi connectivity index (χ1n) is 11.3. The molecule has 1 aromatic heterocycles. The molecule has 1 atom stereocenters. The minimum Gasteiger partial charge on any atom is -0.332 e. The normalized spacial score (nSPS) is 23.9. The second-order valence-electron chi connectivity index (χ2n) is 8.74. The number of fused-ring (bicyclic) bond motifs is 1. The molecule has 0 radical (unpaired) electrons. The third kappa shape index (κ3) is 4.19.